The zero-order chi connectivity index (χ0) is 17.3. The van der Waals surface area contributed by atoms with Gasteiger partial charge in [-0.1, -0.05) is 19.1 Å². The first-order chi connectivity index (χ1) is 11.5. The summed E-state index contributed by atoms with van der Waals surface area (Å²) in [6, 6.07) is 11.6. The van der Waals surface area contributed by atoms with Crippen LogP contribution in [-0.2, 0) is 0 Å². The first kappa shape index (κ1) is 16.1. The number of nitrogen functional groups attached to an aromatic ring is 1. The van der Waals surface area contributed by atoms with Crippen molar-refractivity contribution in [2.75, 3.05) is 20.0 Å². The summed E-state index contributed by atoms with van der Waals surface area (Å²) in [6.07, 6.45) is 0. The van der Waals surface area contributed by atoms with Crippen molar-refractivity contribution in [3.05, 3.63) is 53.1 Å². The molecule has 2 aromatic rings. The predicted octanol–water partition coefficient (Wildman–Crippen LogP) is 3.62. The first-order valence-corrected chi connectivity index (χ1v) is 7.79. The molecule has 0 aliphatic carbocycles. The van der Waals surface area contributed by atoms with Gasteiger partial charge in [0.05, 0.1) is 14.2 Å². The molecule has 3 rings (SSSR count). The molecular weight excluding hydrogens is 302 g/mol. The van der Waals surface area contributed by atoms with Crippen molar-refractivity contribution >= 4 is 17.1 Å². The number of anilines is 1. The number of fused-ring (bicyclic) bond motifs is 1. The molecule has 0 aromatic heterocycles. The Bertz CT molecular complexity index is 823. The number of benzene rings is 2. The summed E-state index contributed by atoms with van der Waals surface area (Å²) in [7, 11) is 3.27. The van der Waals surface area contributed by atoms with Gasteiger partial charge in [-0.05, 0) is 36.8 Å². The highest BCUT2D eigenvalue weighted by atomic mass is 16.5. The molecule has 1 aliphatic rings. The normalized spacial score (nSPS) is 16.6. The number of hydrogen-bond acceptors (Lipinski definition) is 5. The van der Waals surface area contributed by atoms with Gasteiger partial charge in [0.2, 0.25) is 0 Å². The van der Waals surface area contributed by atoms with Gasteiger partial charge >= 0.3 is 0 Å². The van der Waals surface area contributed by atoms with E-state index in [2.05, 4.69) is 17.1 Å². The largest absolute Gasteiger partial charge is 0.493 e. The summed E-state index contributed by atoms with van der Waals surface area (Å²) in [6.45, 7) is 4.10. The van der Waals surface area contributed by atoms with Gasteiger partial charge in [-0.15, -0.1) is 5.10 Å². The van der Waals surface area contributed by atoms with E-state index in [-0.39, 0.29) is 5.92 Å². The van der Waals surface area contributed by atoms with Gasteiger partial charge in [0.25, 0.3) is 0 Å². The Hall–Kier alpha value is -2.82. The number of nitrogens with two attached hydrogens (primary N) is 1. The molecule has 24 heavy (non-hydrogen) atoms. The lowest BCUT2D eigenvalue weighted by Gasteiger charge is -2.18. The maximum Gasteiger partial charge on any atom is 0.161 e. The quantitative estimate of drug-likeness (QED) is 0.877. The van der Waals surface area contributed by atoms with E-state index in [1.807, 2.05) is 43.3 Å². The zero-order valence-corrected chi connectivity index (χ0v) is 14.3. The average molecular weight is 323 g/mol. The Morgan fingerprint density at radius 3 is 2.21 bits per heavy atom. The van der Waals surface area contributed by atoms with E-state index in [0.29, 0.717) is 17.2 Å². The van der Waals surface area contributed by atoms with E-state index in [1.165, 1.54) is 0 Å². The van der Waals surface area contributed by atoms with Crippen LogP contribution in [0.25, 0.3) is 0 Å². The summed E-state index contributed by atoms with van der Waals surface area (Å²) in [5.74, 6) is 1.51. The molecule has 0 spiro atoms. The lowest BCUT2D eigenvalue weighted by atomic mass is 9.88. The highest BCUT2D eigenvalue weighted by Crippen LogP contribution is 2.36. The minimum Gasteiger partial charge on any atom is -0.493 e. The van der Waals surface area contributed by atoms with Crippen LogP contribution >= 0.6 is 0 Å². The van der Waals surface area contributed by atoms with Crippen LogP contribution in [0.4, 0.5) is 5.69 Å². The third kappa shape index (κ3) is 2.73. The number of methoxy groups -OCH3 is 2. The summed E-state index contributed by atoms with van der Waals surface area (Å²) in [5, 5.41) is 8.90. The van der Waals surface area contributed by atoms with E-state index in [4.69, 9.17) is 15.2 Å². The molecule has 0 amide bonds. The van der Waals surface area contributed by atoms with Gasteiger partial charge in [0.1, 0.15) is 5.71 Å². The zero-order valence-electron chi connectivity index (χ0n) is 14.3. The fourth-order valence-electron chi connectivity index (χ4n) is 2.81. The van der Waals surface area contributed by atoms with Crippen LogP contribution in [0.2, 0.25) is 0 Å². The van der Waals surface area contributed by atoms with Crippen LogP contribution in [0, 0.1) is 0 Å². The highest BCUT2D eigenvalue weighted by molar-refractivity contribution is 6.16. The molecule has 5 nitrogen and oxygen atoms in total. The van der Waals surface area contributed by atoms with Gasteiger partial charge in [0.15, 0.2) is 11.5 Å². The minimum atomic E-state index is 0.134. The van der Waals surface area contributed by atoms with Crippen molar-refractivity contribution in [3.63, 3.8) is 0 Å². The van der Waals surface area contributed by atoms with Gasteiger partial charge in [-0.3, -0.25) is 0 Å². The Morgan fingerprint density at radius 1 is 0.958 bits per heavy atom. The first-order valence-electron chi connectivity index (χ1n) is 7.79. The van der Waals surface area contributed by atoms with Crippen LogP contribution in [0.15, 0.2) is 46.6 Å². The second-order valence-corrected chi connectivity index (χ2v) is 5.83. The number of hydrogen-bond donors (Lipinski definition) is 1. The molecule has 1 atom stereocenters. The van der Waals surface area contributed by atoms with Crippen LogP contribution < -0.4 is 15.2 Å². The van der Waals surface area contributed by atoms with Crippen molar-refractivity contribution in [2.45, 2.75) is 19.8 Å². The number of nitrogens with zero attached hydrogens (tertiary/aromatic N) is 2. The second kappa shape index (κ2) is 6.35. The molecule has 0 bridgehead atoms. The van der Waals surface area contributed by atoms with Crippen molar-refractivity contribution in [1.82, 2.24) is 0 Å². The van der Waals surface area contributed by atoms with Crippen molar-refractivity contribution < 1.29 is 9.47 Å². The fraction of sp³-hybridized carbons (Fsp3) is 0.263. The van der Waals surface area contributed by atoms with Crippen LogP contribution in [0.1, 0.15) is 36.5 Å². The van der Waals surface area contributed by atoms with E-state index >= 15 is 0 Å². The molecular formula is C19H21N3O2. The molecule has 1 heterocycles. The van der Waals surface area contributed by atoms with Gasteiger partial charge < -0.3 is 15.2 Å². The molecule has 1 aliphatic heterocycles. The lowest BCUT2D eigenvalue weighted by Crippen LogP contribution is -2.11. The molecule has 2 N–H and O–H groups in total. The van der Waals surface area contributed by atoms with Crippen LogP contribution in [-0.4, -0.2) is 25.6 Å². The van der Waals surface area contributed by atoms with E-state index < -0.39 is 0 Å². The molecule has 0 saturated heterocycles. The van der Waals surface area contributed by atoms with Crippen molar-refractivity contribution in [3.8, 4) is 11.5 Å². The summed E-state index contributed by atoms with van der Waals surface area (Å²) < 4.78 is 10.9. The smallest absolute Gasteiger partial charge is 0.161 e. The van der Waals surface area contributed by atoms with E-state index in [0.717, 1.165) is 28.1 Å². The Kier molecular flexibility index (Phi) is 4.25. The topological polar surface area (TPSA) is 69.2 Å². The summed E-state index contributed by atoms with van der Waals surface area (Å²) in [5.41, 5.74) is 11.3. The number of rotatable bonds is 3. The van der Waals surface area contributed by atoms with Crippen molar-refractivity contribution in [1.29, 1.82) is 0 Å². The van der Waals surface area contributed by atoms with Crippen molar-refractivity contribution in [2.24, 2.45) is 10.2 Å². The summed E-state index contributed by atoms with van der Waals surface area (Å²) in [4.78, 5) is 0. The van der Waals surface area contributed by atoms with Crippen LogP contribution in [0.3, 0.4) is 0 Å². The van der Waals surface area contributed by atoms with Gasteiger partial charge in [0, 0.05) is 28.4 Å². The molecule has 5 heteroatoms. The van der Waals surface area contributed by atoms with Gasteiger partial charge in [-0.2, -0.15) is 5.10 Å². The Morgan fingerprint density at radius 2 is 1.58 bits per heavy atom. The SMILES string of the molecule is COc1cc2c(cc1OC)C(C)C(C)=NN=C2c1ccc(N)cc1. The van der Waals surface area contributed by atoms with E-state index in [9.17, 15) is 0 Å². The fourth-order valence-corrected chi connectivity index (χ4v) is 2.81. The molecule has 0 saturated carbocycles. The highest BCUT2D eigenvalue weighted by Gasteiger charge is 2.24. The van der Waals surface area contributed by atoms with Gasteiger partial charge in [-0.25, -0.2) is 0 Å². The average Bonchev–Trinajstić information content (AvgIpc) is 2.72. The molecule has 0 radical (unpaired) electrons. The summed E-state index contributed by atoms with van der Waals surface area (Å²) >= 11 is 0. The second-order valence-electron chi connectivity index (χ2n) is 5.83. The monoisotopic (exact) mass is 323 g/mol. The maximum absolute atomic E-state index is 5.81. The molecule has 2 aromatic carbocycles. The standard InChI is InChI=1S/C19H21N3O2/c1-11-12(2)21-22-19(13-5-7-14(20)8-6-13)16-10-18(24-4)17(23-3)9-15(11)16/h5-11H,20H2,1-4H3. The third-order valence-electron chi connectivity index (χ3n) is 4.40. The molecule has 0 fully saturated rings. The number of ether oxygens (including phenoxy) is 2. The molecule has 1 unspecified atom stereocenters. The third-order valence-corrected chi connectivity index (χ3v) is 4.40. The van der Waals surface area contributed by atoms with E-state index in [1.54, 1.807) is 14.2 Å². The predicted molar refractivity (Wildman–Crippen MR) is 97.6 cm³/mol. The lowest BCUT2D eigenvalue weighted by molar-refractivity contribution is 0.354. The molecule has 124 valence electrons. The Balaban J connectivity index is 2.25. The van der Waals surface area contributed by atoms with Crippen LogP contribution in [0.5, 0.6) is 11.5 Å². The maximum atomic E-state index is 5.81. The minimum absolute atomic E-state index is 0.134. The Labute approximate surface area is 141 Å².